The van der Waals surface area contributed by atoms with Gasteiger partial charge in [-0.15, -0.1) is 11.3 Å². The third kappa shape index (κ3) is 3.10. The number of thiazole rings is 1. The Morgan fingerprint density at radius 3 is 2.59 bits per heavy atom. The molecule has 112 valence electrons. The maximum Gasteiger partial charge on any atom is 0.227 e. The summed E-state index contributed by atoms with van der Waals surface area (Å²) < 4.78 is 0. The van der Waals surface area contributed by atoms with E-state index in [1.807, 2.05) is 38.1 Å². The smallest absolute Gasteiger partial charge is 0.227 e. The van der Waals surface area contributed by atoms with Gasteiger partial charge < -0.3 is 5.32 Å². The molecule has 0 atom stereocenters. The van der Waals surface area contributed by atoms with Crippen molar-refractivity contribution < 1.29 is 0 Å². The monoisotopic (exact) mass is 330 g/mol. The van der Waals surface area contributed by atoms with E-state index in [0.717, 1.165) is 32.7 Å². The van der Waals surface area contributed by atoms with Gasteiger partial charge in [-0.2, -0.15) is 0 Å². The van der Waals surface area contributed by atoms with Crippen LogP contribution in [0.1, 0.15) is 16.1 Å². The SMILES string of the molecule is Cc1cc(Nc2nccc(-c3nc(C)c(C)s3)n2)ccc1Cl. The summed E-state index contributed by atoms with van der Waals surface area (Å²) in [7, 11) is 0. The molecule has 6 heteroatoms. The fourth-order valence-electron chi connectivity index (χ4n) is 1.97. The average molecular weight is 331 g/mol. The number of rotatable bonds is 3. The lowest BCUT2D eigenvalue weighted by Gasteiger charge is -2.07. The second-order valence-corrected chi connectivity index (χ2v) is 6.63. The van der Waals surface area contributed by atoms with Crippen LogP contribution in [0, 0.1) is 20.8 Å². The van der Waals surface area contributed by atoms with Crippen molar-refractivity contribution in [3.63, 3.8) is 0 Å². The Bertz CT molecular complexity index is 809. The predicted molar refractivity (Wildman–Crippen MR) is 92.1 cm³/mol. The number of nitrogens with one attached hydrogen (secondary N) is 1. The standard InChI is InChI=1S/C16H15ClN4S/c1-9-8-12(4-5-13(9)17)20-16-18-7-6-14(21-16)15-19-10(2)11(3)22-15/h4-8H,1-3H3,(H,18,20,21). The minimum absolute atomic E-state index is 0.546. The molecule has 0 spiro atoms. The lowest BCUT2D eigenvalue weighted by molar-refractivity contribution is 1.15. The second-order valence-electron chi connectivity index (χ2n) is 5.02. The van der Waals surface area contributed by atoms with E-state index in [1.165, 1.54) is 4.88 Å². The van der Waals surface area contributed by atoms with E-state index in [0.29, 0.717) is 5.95 Å². The molecule has 1 aromatic carbocycles. The first-order chi connectivity index (χ1) is 10.5. The van der Waals surface area contributed by atoms with Crippen LogP contribution < -0.4 is 5.32 Å². The number of nitrogens with zero attached hydrogens (tertiary/aromatic N) is 3. The normalized spacial score (nSPS) is 10.7. The summed E-state index contributed by atoms with van der Waals surface area (Å²) in [5.74, 6) is 0.546. The van der Waals surface area contributed by atoms with Crippen LogP contribution in [-0.4, -0.2) is 15.0 Å². The maximum absolute atomic E-state index is 6.04. The van der Waals surface area contributed by atoms with Crippen molar-refractivity contribution in [2.45, 2.75) is 20.8 Å². The summed E-state index contributed by atoms with van der Waals surface area (Å²) in [6, 6.07) is 7.60. The molecule has 3 rings (SSSR count). The summed E-state index contributed by atoms with van der Waals surface area (Å²) in [5.41, 5.74) is 3.78. The predicted octanol–water partition coefficient (Wildman–Crippen LogP) is 4.92. The zero-order valence-electron chi connectivity index (χ0n) is 12.5. The first-order valence-corrected chi connectivity index (χ1v) is 8.03. The fourth-order valence-corrected chi connectivity index (χ4v) is 2.97. The van der Waals surface area contributed by atoms with Gasteiger partial charge in [0, 0.05) is 21.8 Å². The quantitative estimate of drug-likeness (QED) is 0.740. The summed E-state index contributed by atoms with van der Waals surface area (Å²) in [6.45, 7) is 6.03. The molecule has 3 aromatic rings. The Balaban J connectivity index is 1.89. The van der Waals surface area contributed by atoms with Gasteiger partial charge in [0.05, 0.1) is 5.69 Å². The highest BCUT2D eigenvalue weighted by Gasteiger charge is 2.09. The van der Waals surface area contributed by atoms with Crippen molar-refractivity contribution in [1.29, 1.82) is 0 Å². The minimum Gasteiger partial charge on any atom is -0.324 e. The van der Waals surface area contributed by atoms with Crippen molar-refractivity contribution >= 4 is 34.6 Å². The number of aryl methyl sites for hydroxylation is 3. The third-order valence-electron chi connectivity index (χ3n) is 3.32. The van der Waals surface area contributed by atoms with Crippen LogP contribution in [0.5, 0.6) is 0 Å². The summed E-state index contributed by atoms with van der Waals surface area (Å²) in [5, 5.41) is 4.85. The van der Waals surface area contributed by atoms with Crippen LogP contribution in [0.25, 0.3) is 10.7 Å². The van der Waals surface area contributed by atoms with E-state index >= 15 is 0 Å². The van der Waals surface area contributed by atoms with Crippen molar-refractivity contribution in [2.24, 2.45) is 0 Å². The Morgan fingerprint density at radius 1 is 1.09 bits per heavy atom. The molecule has 0 aliphatic carbocycles. The lowest BCUT2D eigenvalue weighted by Crippen LogP contribution is -1.98. The molecule has 0 radical (unpaired) electrons. The zero-order chi connectivity index (χ0) is 15.7. The molecule has 0 saturated heterocycles. The van der Waals surface area contributed by atoms with E-state index in [-0.39, 0.29) is 0 Å². The zero-order valence-corrected chi connectivity index (χ0v) is 14.1. The van der Waals surface area contributed by atoms with Crippen LogP contribution in [0.15, 0.2) is 30.5 Å². The van der Waals surface area contributed by atoms with E-state index in [9.17, 15) is 0 Å². The molecule has 0 bridgehead atoms. The van der Waals surface area contributed by atoms with Gasteiger partial charge in [-0.05, 0) is 50.6 Å². The molecule has 2 aromatic heterocycles. The highest BCUT2D eigenvalue weighted by atomic mass is 35.5. The molecule has 0 saturated carbocycles. The molecule has 22 heavy (non-hydrogen) atoms. The van der Waals surface area contributed by atoms with Crippen molar-refractivity contribution in [2.75, 3.05) is 5.32 Å². The maximum atomic E-state index is 6.04. The lowest BCUT2D eigenvalue weighted by atomic mass is 10.2. The third-order valence-corrected chi connectivity index (χ3v) is 4.84. The summed E-state index contributed by atoms with van der Waals surface area (Å²) in [6.07, 6.45) is 1.74. The molecule has 2 heterocycles. The fraction of sp³-hybridized carbons (Fsp3) is 0.188. The largest absolute Gasteiger partial charge is 0.324 e. The van der Waals surface area contributed by atoms with Crippen molar-refractivity contribution in [3.05, 3.63) is 51.6 Å². The Morgan fingerprint density at radius 2 is 1.91 bits per heavy atom. The van der Waals surface area contributed by atoms with Gasteiger partial charge >= 0.3 is 0 Å². The van der Waals surface area contributed by atoms with E-state index in [1.54, 1.807) is 17.5 Å². The Hall–Kier alpha value is -1.98. The highest BCUT2D eigenvalue weighted by Crippen LogP contribution is 2.27. The van der Waals surface area contributed by atoms with Crippen LogP contribution in [-0.2, 0) is 0 Å². The van der Waals surface area contributed by atoms with Gasteiger partial charge in [0.1, 0.15) is 10.7 Å². The molecule has 0 fully saturated rings. The van der Waals surface area contributed by atoms with Gasteiger partial charge in [0.2, 0.25) is 5.95 Å². The number of anilines is 2. The molecule has 0 aliphatic heterocycles. The van der Waals surface area contributed by atoms with Gasteiger partial charge in [-0.3, -0.25) is 0 Å². The second kappa shape index (κ2) is 6.02. The molecule has 1 N–H and O–H groups in total. The number of hydrogen-bond acceptors (Lipinski definition) is 5. The molecular formula is C16H15ClN4S. The van der Waals surface area contributed by atoms with Crippen molar-refractivity contribution in [3.8, 4) is 10.7 Å². The first kappa shape index (κ1) is 14.9. The number of aromatic nitrogens is 3. The minimum atomic E-state index is 0.546. The average Bonchev–Trinajstić information content (AvgIpc) is 2.83. The van der Waals surface area contributed by atoms with Crippen LogP contribution >= 0.6 is 22.9 Å². The summed E-state index contributed by atoms with van der Waals surface area (Å²) in [4.78, 5) is 14.5. The molecule has 0 amide bonds. The topological polar surface area (TPSA) is 50.7 Å². The van der Waals surface area contributed by atoms with Crippen LogP contribution in [0.4, 0.5) is 11.6 Å². The summed E-state index contributed by atoms with van der Waals surface area (Å²) >= 11 is 7.68. The van der Waals surface area contributed by atoms with E-state index in [4.69, 9.17) is 11.6 Å². The number of halogens is 1. The van der Waals surface area contributed by atoms with Crippen LogP contribution in [0.3, 0.4) is 0 Å². The van der Waals surface area contributed by atoms with Crippen LogP contribution in [0.2, 0.25) is 5.02 Å². The first-order valence-electron chi connectivity index (χ1n) is 6.83. The van der Waals surface area contributed by atoms with Gasteiger partial charge in [0.25, 0.3) is 0 Å². The molecule has 4 nitrogen and oxygen atoms in total. The van der Waals surface area contributed by atoms with E-state index in [2.05, 4.69) is 27.2 Å². The van der Waals surface area contributed by atoms with Gasteiger partial charge in [-0.25, -0.2) is 15.0 Å². The highest BCUT2D eigenvalue weighted by molar-refractivity contribution is 7.15. The van der Waals surface area contributed by atoms with E-state index < -0.39 is 0 Å². The van der Waals surface area contributed by atoms with Gasteiger partial charge in [0.15, 0.2) is 0 Å². The molecule has 0 unspecified atom stereocenters. The Kier molecular flexibility index (Phi) is 4.09. The van der Waals surface area contributed by atoms with Crippen molar-refractivity contribution in [1.82, 2.24) is 15.0 Å². The number of benzene rings is 1. The van der Waals surface area contributed by atoms with Gasteiger partial charge in [-0.1, -0.05) is 11.6 Å². The molecular weight excluding hydrogens is 316 g/mol. The number of hydrogen-bond donors (Lipinski definition) is 1. The molecule has 0 aliphatic rings. The Labute approximate surface area is 138 Å².